The molecule has 0 unspecified atom stereocenters. The van der Waals surface area contributed by atoms with Crippen LogP contribution in [0.1, 0.15) is 46.0 Å². The standard InChI is InChI=1S/C13H21NO3S/c1-4-6-13(7-8-13)18(16,17)14-11(15)12(3)9-10(12)5-2/h5,10H,2,4,6-9H2,1,3H3,(H,14,15)/t10-,12+/m1/s1. The highest BCUT2D eigenvalue weighted by atomic mass is 32.2. The Balaban J connectivity index is 2.06. The van der Waals surface area contributed by atoms with E-state index in [4.69, 9.17) is 0 Å². The Kier molecular flexibility index (Phi) is 3.08. The number of nitrogens with one attached hydrogen (secondary N) is 1. The second-order valence-electron chi connectivity index (χ2n) is 5.83. The molecule has 0 radical (unpaired) electrons. The fourth-order valence-corrected chi connectivity index (χ4v) is 4.40. The van der Waals surface area contributed by atoms with Gasteiger partial charge in [0, 0.05) is 0 Å². The third-order valence-corrected chi connectivity index (χ3v) is 6.62. The maximum Gasteiger partial charge on any atom is 0.240 e. The SMILES string of the molecule is C=C[C@@H]1C[C@]1(C)C(=O)NS(=O)(=O)C1(CCC)CC1. The molecule has 2 rings (SSSR count). The molecule has 102 valence electrons. The fourth-order valence-electron chi connectivity index (χ4n) is 2.60. The first-order chi connectivity index (χ1) is 8.31. The number of carbonyl (C=O) groups is 1. The molecule has 0 aliphatic heterocycles. The lowest BCUT2D eigenvalue weighted by Gasteiger charge is -2.18. The van der Waals surface area contributed by atoms with Gasteiger partial charge < -0.3 is 0 Å². The van der Waals surface area contributed by atoms with Gasteiger partial charge in [-0.3, -0.25) is 9.52 Å². The van der Waals surface area contributed by atoms with E-state index in [0.29, 0.717) is 25.7 Å². The molecular weight excluding hydrogens is 250 g/mol. The quantitative estimate of drug-likeness (QED) is 0.751. The lowest BCUT2D eigenvalue weighted by molar-refractivity contribution is -0.124. The summed E-state index contributed by atoms with van der Waals surface area (Å²) in [4.78, 5) is 12.1. The van der Waals surface area contributed by atoms with E-state index in [1.807, 2.05) is 6.92 Å². The minimum Gasteiger partial charge on any atom is -0.273 e. The van der Waals surface area contributed by atoms with Crippen molar-refractivity contribution < 1.29 is 13.2 Å². The van der Waals surface area contributed by atoms with E-state index in [1.54, 1.807) is 13.0 Å². The molecule has 0 aromatic rings. The molecule has 0 heterocycles. The molecule has 0 aromatic carbocycles. The molecule has 1 amide bonds. The van der Waals surface area contributed by atoms with Gasteiger partial charge in [0.15, 0.2) is 0 Å². The normalized spacial score (nSPS) is 32.7. The molecule has 2 saturated carbocycles. The van der Waals surface area contributed by atoms with Crippen LogP contribution in [0.5, 0.6) is 0 Å². The highest BCUT2D eigenvalue weighted by Crippen LogP contribution is 2.54. The van der Waals surface area contributed by atoms with Crippen molar-refractivity contribution in [1.82, 2.24) is 4.72 Å². The zero-order valence-electron chi connectivity index (χ0n) is 11.0. The summed E-state index contributed by atoms with van der Waals surface area (Å²) in [7, 11) is -3.52. The highest BCUT2D eigenvalue weighted by Gasteiger charge is 2.59. The number of sulfonamides is 1. The van der Waals surface area contributed by atoms with Crippen LogP contribution >= 0.6 is 0 Å². The fraction of sp³-hybridized carbons (Fsp3) is 0.769. The van der Waals surface area contributed by atoms with Crippen LogP contribution in [0.15, 0.2) is 12.7 Å². The van der Waals surface area contributed by atoms with E-state index in [2.05, 4.69) is 11.3 Å². The van der Waals surface area contributed by atoms with E-state index in [9.17, 15) is 13.2 Å². The van der Waals surface area contributed by atoms with E-state index in [-0.39, 0.29) is 11.8 Å². The number of hydrogen-bond acceptors (Lipinski definition) is 3. The summed E-state index contributed by atoms with van der Waals surface area (Å²) in [5.41, 5.74) is -0.572. The largest absolute Gasteiger partial charge is 0.273 e. The predicted molar refractivity (Wildman–Crippen MR) is 70.3 cm³/mol. The van der Waals surface area contributed by atoms with Crippen molar-refractivity contribution >= 4 is 15.9 Å². The van der Waals surface area contributed by atoms with Gasteiger partial charge in [-0.05, 0) is 31.6 Å². The van der Waals surface area contributed by atoms with Crippen LogP contribution in [-0.2, 0) is 14.8 Å². The van der Waals surface area contributed by atoms with Crippen LogP contribution in [0.2, 0.25) is 0 Å². The van der Waals surface area contributed by atoms with Crippen molar-refractivity contribution in [3.05, 3.63) is 12.7 Å². The van der Waals surface area contributed by atoms with Crippen molar-refractivity contribution in [1.29, 1.82) is 0 Å². The third-order valence-electron chi connectivity index (χ3n) is 4.42. The van der Waals surface area contributed by atoms with Gasteiger partial charge in [0.25, 0.3) is 0 Å². The Labute approximate surface area is 109 Å². The van der Waals surface area contributed by atoms with Crippen molar-refractivity contribution in [2.45, 2.75) is 50.7 Å². The lowest BCUT2D eigenvalue weighted by atomic mass is 10.1. The number of allylic oxidation sites excluding steroid dienone is 1. The molecule has 2 aliphatic rings. The van der Waals surface area contributed by atoms with Gasteiger partial charge in [0.1, 0.15) is 0 Å². The van der Waals surface area contributed by atoms with Gasteiger partial charge in [0.05, 0.1) is 10.2 Å². The monoisotopic (exact) mass is 271 g/mol. The van der Waals surface area contributed by atoms with Gasteiger partial charge >= 0.3 is 0 Å². The van der Waals surface area contributed by atoms with Crippen molar-refractivity contribution in [2.24, 2.45) is 11.3 Å². The molecule has 5 heteroatoms. The average Bonchev–Trinajstić information content (AvgIpc) is 3.15. The van der Waals surface area contributed by atoms with Crippen molar-refractivity contribution in [3.8, 4) is 0 Å². The van der Waals surface area contributed by atoms with E-state index in [1.165, 1.54) is 0 Å². The molecule has 1 N–H and O–H groups in total. The Morgan fingerprint density at radius 2 is 2.11 bits per heavy atom. The zero-order chi connectivity index (χ0) is 13.6. The molecule has 2 atom stereocenters. The Morgan fingerprint density at radius 1 is 1.50 bits per heavy atom. The van der Waals surface area contributed by atoms with E-state index < -0.39 is 20.2 Å². The summed E-state index contributed by atoms with van der Waals surface area (Å²) < 4.78 is 26.1. The van der Waals surface area contributed by atoms with Crippen LogP contribution in [0, 0.1) is 11.3 Å². The summed E-state index contributed by atoms with van der Waals surface area (Å²) in [6, 6.07) is 0. The number of amides is 1. The smallest absolute Gasteiger partial charge is 0.240 e. The second-order valence-corrected chi connectivity index (χ2v) is 7.91. The van der Waals surface area contributed by atoms with Crippen LogP contribution in [0.25, 0.3) is 0 Å². The Bertz CT molecular complexity index is 478. The predicted octanol–water partition coefficient (Wildman–Crippen LogP) is 1.98. The Hall–Kier alpha value is -0.840. The van der Waals surface area contributed by atoms with Crippen molar-refractivity contribution in [3.63, 3.8) is 0 Å². The first-order valence-electron chi connectivity index (χ1n) is 6.51. The van der Waals surface area contributed by atoms with Gasteiger partial charge in [-0.15, -0.1) is 6.58 Å². The molecular formula is C13H21NO3S. The molecule has 0 bridgehead atoms. The summed E-state index contributed by atoms with van der Waals surface area (Å²) >= 11 is 0. The molecule has 0 spiro atoms. The van der Waals surface area contributed by atoms with E-state index in [0.717, 1.165) is 6.42 Å². The molecule has 4 nitrogen and oxygen atoms in total. The molecule has 18 heavy (non-hydrogen) atoms. The third kappa shape index (κ3) is 1.98. The van der Waals surface area contributed by atoms with Gasteiger partial charge in [0.2, 0.25) is 15.9 Å². The molecule has 0 saturated heterocycles. The average molecular weight is 271 g/mol. The molecule has 2 fully saturated rings. The van der Waals surface area contributed by atoms with Crippen LogP contribution in [0.3, 0.4) is 0 Å². The van der Waals surface area contributed by atoms with Gasteiger partial charge in [-0.25, -0.2) is 8.42 Å². The number of hydrogen-bond donors (Lipinski definition) is 1. The van der Waals surface area contributed by atoms with Crippen LogP contribution in [0.4, 0.5) is 0 Å². The molecule has 0 aromatic heterocycles. The Morgan fingerprint density at radius 3 is 2.50 bits per heavy atom. The first kappa shape index (κ1) is 13.6. The van der Waals surface area contributed by atoms with Crippen molar-refractivity contribution in [2.75, 3.05) is 0 Å². The van der Waals surface area contributed by atoms with Crippen LogP contribution < -0.4 is 4.72 Å². The van der Waals surface area contributed by atoms with Gasteiger partial charge in [-0.1, -0.05) is 26.3 Å². The summed E-state index contributed by atoms with van der Waals surface area (Å²) in [6.07, 6.45) is 5.22. The van der Waals surface area contributed by atoms with Crippen LogP contribution in [-0.4, -0.2) is 19.1 Å². The lowest BCUT2D eigenvalue weighted by Crippen LogP contribution is -2.43. The minimum absolute atomic E-state index is 0.106. The highest BCUT2D eigenvalue weighted by molar-refractivity contribution is 7.91. The molecule has 2 aliphatic carbocycles. The summed E-state index contributed by atoms with van der Waals surface area (Å²) in [6.45, 7) is 7.42. The summed E-state index contributed by atoms with van der Waals surface area (Å²) in [5, 5.41) is 0. The summed E-state index contributed by atoms with van der Waals surface area (Å²) in [5.74, 6) is -0.260. The first-order valence-corrected chi connectivity index (χ1v) is 7.99. The minimum atomic E-state index is -3.52. The van der Waals surface area contributed by atoms with E-state index >= 15 is 0 Å². The number of rotatable bonds is 6. The maximum absolute atomic E-state index is 12.2. The maximum atomic E-state index is 12.2. The van der Waals surface area contributed by atoms with Gasteiger partial charge in [-0.2, -0.15) is 0 Å². The topological polar surface area (TPSA) is 63.2 Å². The second kappa shape index (κ2) is 4.08. The zero-order valence-corrected chi connectivity index (χ0v) is 11.8. The number of carbonyl (C=O) groups excluding carboxylic acids is 1.